The molecule has 0 bridgehead atoms. The van der Waals surface area contributed by atoms with Crippen molar-refractivity contribution in [3.8, 4) is 0 Å². The monoisotopic (exact) mass is 457 g/mol. The van der Waals surface area contributed by atoms with Crippen LogP contribution in [-0.4, -0.2) is 24.8 Å². The summed E-state index contributed by atoms with van der Waals surface area (Å²) in [5.41, 5.74) is 5.16. The Morgan fingerprint density at radius 3 is 1.37 bits per heavy atom. The number of aromatic nitrogens is 4. The fraction of sp³-hybridized carbons (Fsp3) is 0.133. The molecule has 0 aliphatic carbocycles. The molecule has 4 heterocycles. The first kappa shape index (κ1) is 22.6. The maximum absolute atomic E-state index is 4.80. The third kappa shape index (κ3) is 5.65. The second-order valence-corrected chi connectivity index (χ2v) is 8.39. The van der Waals surface area contributed by atoms with Crippen LogP contribution >= 0.6 is 0 Å². The molecule has 0 fully saturated rings. The minimum atomic E-state index is -0.0905. The van der Waals surface area contributed by atoms with E-state index in [0.717, 1.165) is 22.8 Å². The van der Waals surface area contributed by atoms with Crippen LogP contribution in [0.25, 0.3) is 0 Å². The summed E-state index contributed by atoms with van der Waals surface area (Å²) in [4.78, 5) is 21.3. The quantitative estimate of drug-likeness (QED) is 0.278. The molecule has 0 aliphatic rings. The van der Waals surface area contributed by atoms with E-state index in [-0.39, 0.29) is 12.0 Å². The number of benzene rings is 1. The normalized spacial score (nSPS) is 12.1. The molecular weight excluding hydrogens is 430 g/mol. The van der Waals surface area contributed by atoms with Crippen molar-refractivity contribution in [1.29, 1.82) is 0 Å². The number of pyridine rings is 4. The molecule has 0 radical (unpaired) electrons. The Labute approximate surface area is 206 Å². The highest BCUT2D eigenvalue weighted by Gasteiger charge is 2.34. The van der Waals surface area contributed by atoms with Crippen molar-refractivity contribution in [3.63, 3.8) is 0 Å². The lowest BCUT2D eigenvalue weighted by atomic mass is 9.85. The van der Waals surface area contributed by atoms with E-state index in [9.17, 15) is 0 Å². The molecule has 0 aliphatic heterocycles. The summed E-state index contributed by atoms with van der Waals surface area (Å²) in [6.07, 6.45) is 7.41. The summed E-state index contributed by atoms with van der Waals surface area (Å²) in [6, 6.07) is 34.9. The van der Waals surface area contributed by atoms with Gasteiger partial charge < -0.3 is 0 Å². The van der Waals surface area contributed by atoms with Gasteiger partial charge in [0, 0.05) is 43.9 Å². The van der Waals surface area contributed by atoms with Crippen molar-refractivity contribution < 1.29 is 0 Å². The van der Waals surface area contributed by atoms with Crippen LogP contribution < -0.4 is 0 Å². The molecule has 1 aromatic carbocycles. The molecule has 0 N–H and O–H groups in total. The summed E-state index contributed by atoms with van der Waals surface area (Å²) >= 11 is 0. The van der Waals surface area contributed by atoms with Gasteiger partial charge in [0.05, 0.1) is 28.7 Å². The third-order valence-electron chi connectivity index (χ3n) is 6.05. The average Bonchev–Trinajstić information content (AvgIpc) is 2.94. The summed E-state index contributed by atoms with van der Waals surface area (Å²) in [5.74, 6) is -0.0905. The van der Waals surface area contributed by atoms with E-state index in [4.69, 9.17) is 9.97 Å². The zero-order valence-corrected chi connectivity index (χ0v) is 19.4. The maximum Gasteiger partial charge on any atom is 0.0633 e. The number of hydrogen-bond donors (Lipinski definition) is 0. The molecule has 4 aromatic heterocycles. The number of hydrogen-bond acceptors (Lipinski definition) is 5. The van der Waals surface area contributed by atoms with Gasteiger partial charge in [0.25, 0.3) is 0 Å². The summed E-state index contributed by atoms with van der Waals surface area (Å²) in [5, 5.41) is 0. The molecule has 35 heavy (non-hydrogen) atoms. The maximum atomic E-state index is 4.80. The average molecular weight is 458 g/mol. The van der Waals surface area contributed by atoms with E-state index in [1.165, 1.54) is 5.56 Å². The molecule has 172 valence electrons. The first-order valence-electron chi connectivity index (χ1n) is 11.8. The lowest BCUT2D eigenvalue weighted by molar-refractivity contribution is 0.156. The van der Waals surface area contributed by atoms with Gasteiger partial charge in [0.2, 0.25) is 0 Å². The van der Waals surface area contributed by atoms with Crippen LogP contribution in [0.15, 0.2) is 128 Å². The molecule has 5 heteroatoms. The minimum Gasteiger partial charge on any atom is -0.284 e. The Kier molecular flexibility index (Phi) is 7.27. The Morgan fingerprint density at radius 2 is 0.943 bits per heavy atom. The van der Waals surface area contributed by atoms with Crippen LogP contribution in [0, 0.1) is 0 Å². The van der Waals surface area contributed by atoms with E-state index in [1.807, 2.05) is 73.3 Å². The van der Waals surface area contributed by atoms with Crippen LogP contribution in [0.2, 0.25) is 0 Å². The SMILES string of the molecule is c1ccc(C(C(c2ccccn2)c2ccccn2)N(Cc2ccccn2)Cc2ccccn2)cc1. The van der Waals surface area contributed by atoms with E-state index in [0.29, 0.717) is 13.1 Å². The fourth-order valence-electron chi connectivity index (χ4n) is 4.51. The van der Waals surface area contributed by atoms with Crippen molar-refractivity contribution >= 4 is 0 Å². The minimum absolute atomic E-state index is 0.0509. The molecule has 5 aromatic rings. The van der Waals surface area contributed by atoms with Crippen molar-refractivity contribution in [3.05, 3.63) is 156 Å². The van der Waals surface area contributed by atoms with Gasteiger partial charge in [-0.15, -0.1) is 0 Å². The zero-order valence-electron chi connectivity index (χ0n) is 19.4. The van der Waals surface area contributed by atoms with Crippen LogP contribution in [-0.2, 0) is 13.1 Å². The van der Waals surface area contributed by atoms with E-state index < -0.39 is 0 Å². The molecule has 1 unspecified atom stereocenters. The van der Waals surface area contributed by atoms with Crippen molar-refractivity contribution in [2.75, 3.05) is 0 Å². The molecule has 1 atom stereocenters. The van der Waals surface area contributed by atoms with Gasteiger partial charge in [0.15, 0.2) is 0 Å². The largest absolute Gasteiger partial charge is 0.284 e. The third-order valence-corrected chi connectivity index (χ3v) is 6.05. The van der Waals surface area contributed by atoms with Gasteiger partial charge >= 0.3 is 0 Å². The summed E-state index contributed by atoms with van der Waals surface area (Å²) in [6.45, 7) is 1.32. The van der Waals surface area contributed by atoms with Gasteiger partial charge in [0.1, 0.15) is 0 Å². The van der Waals surface area contributed by atoms with Gasteiger partial charge in [-0.1, -0.05) is 54.6 Å². The van der Waals surface area contributed by atoms with Crippen LogP contribution in [0.4, 0.5) is 0 Å². The van der Waals surface area contributed by atoms with Gasteiger partial charge in [-0.05, 0) is 54.1 Å². The smallest absolute Gasteiger partial charge is 0.0633 e. The van der Waals surface area contributed by atoms with Crippen molar-refractivity contribution in [2.45, 2.75) is 25.0 Å². The number of rotatable bonds is 9. The Bertz CT molecular complexity index is 1200. The van der Waals surface area contributed by atoms with E-state index >= 15 is 0 Å². The second kappa shape index (κ2) is 11.3. The van der Waals surface area contributed by atoms with Gasteiger partial charge in [-0.25, -0.2) is 0 Å². The highest BCUT2D eigenvalue weighted by Crippen LogP contribution is 2.40. The van der Waals surface area contributed by atoms with Gasteiger partial charge in [-0.2, -0.15) is 0 Å². The first-order valence-corrected chi connectivity index (χ1v) is 11.8. The molecular formula is C30H27N5. The van der Waals surface area contributed by atoms with Crippen LogP contribution in [0.3, 0.4) is 0 Å². The Balaban J connectivity index is 1.67. The number of nitrogens with zero attached hydrogens (tertiary/aromatic N) is 5. The summed E-state index contributed by atoms with van der Waals surface area (Å²) in [7, 11) is 0. The summed E-state index contributed by atoms with van der Waals surface area (Å²) < 4.78 is 0. The predicted octanol–water partition coefficient (Wildman–Crippen LogP) is 5.84. The van der Waals surface area contributed by atoms with E-state index in [2.05, 4.69) is 69.5 Å². The lowest BCUT2D eigenvalue weighted by Gasteiger charge is -2.37. The lowest BCUT2D eigenvalue weighted by Crippen LogP contribution is -2.34. The molecule has 0 saturated carbocycles. The molecule has 5 rings (SSSR count). The highest BCUT2D eigenvalue weighted by molar-refractivity contribution is 5.32. The van der Waals surface area contributed by atoms with Crippen molar-refractivity contribution in [2.24, 2.45) is 0 Å². The Hall–Kier alpha value is -4.22. The van der Waals surface area contributed by atoms with Crippen LogP contribution in [0.5, 0.6) is 0 Å². The van der Waals surface area contributed by atoms with E-state index in [1.54, 1.807) is 0 Å². The molecule has 0 saturated heterocycles. The fourth-order valence-corrected chi connectivity index (χ4v) is 4.51. The predicted molar refractivity (Wildman–Crippen MR) is 137 cm³/mol. The van der Waals surface area contributed by atoms with Gasteiger partial charge in [-0.3, -0.25) is 24.8 Å². The topological polar surface area (TPSA) is 54.8 Å². The van der Waals surface area contributed by atoms with Crippen LogP contribution in [0.1, 0.15) is 40.3 Å². The molecule has 0 amide bonds. The second-order valence-electron chi connectivity index (χ2n) is 8.39. The van der Waals surface area contributed by atoms with Crippen molar-refractivity contribution in [1.82, 2.24) is 24.8 Å². The standard InChI is InChI=1S/C30H27N5/c1-2-12-24(13-3-1)30(29(27-16-6-10-20-33-27)28-17-7-11-21-34-28)35(22-25-14-4-8-18-31-25)23-26-15-5-9-19-32-26/h1-21,29-30H,22-23H2. The molecule has 0 spiro atoms. The Morgan fingerprint density at radius 1 is 0.486 bits per heavy atom. The first-order chi connectivity index (χ1) is 17.4. The molecule has 5 nitrogen and oxygen atoms in total. The zero-order chi connectivity index (χ0) is 23.7. The highest BCUT2D eigenvalue weighted by atomic mass is 15.2.